The number of amides is 3. The number of aromatic hydroxyl groups is 1. The number of esters is 1. The summed E-state index contributed by atoms with van der Waals surface area (Å²) in [6.45, 7) is 3.30. The minimum atomic E-state index is -4.72. The first-order valence-electron chi connectivity index (χ1n) is 15.3. The van der Waals surface area contributed by atoms with Crippen molar-refractivity contribution in [2.75, 3.05) is 23.4 Å². The maximum Gasteiger partial charge on any atom is 0.416 e. The topological polar surface area (TPSA) is 144 Å². The Kier molecular flexibility index (Phi) is 9.50. The number of phenols is 1. The predicted octanol–water partition coefficient (Wildman–Crippen LogP) is 5.64. The minimum absolute atomic E-state index is 0.0907. The highest BCUT2D eigenvalue weighted by molar-refractivity contribution is 8.00. The molecule has 50 heavy (non-hydrogen) atoms. The highest BCUT2D eigenvalue weighted by Gasteiger charge is 2.57. The molecule has 1 fully saturated rings. The Morgan fingerprint density at radius 1 is 0.960 bits per heavy atom. The molecule has 2 aliphatic heterocycles. The van der Waals surface area contributed by atoms with E-state index >= 15 is 0 Å². The Morgan fingerprint density at radius 3 is 2.38 bits per heavy atom. The van der Waals surface area contributed by atoms with Crippen molar-refractivity contribution in [3.63, 3.8) is 0 Å². The van der Waals surface area contributed by atoms with Crippen LogP contribution in [0.5, 0.6) is 11.5 Å². The van der Waals surface area contributed by atoms with E-state index in [1.165, 1.54) is 53.1 Å². The largest absolute Gasteiger partial charge is 0.504 e. The lowest BCUT2D eigenvalue weighted by Gasteiger charge is -2.31. The van der Waals surface area contributed by atoms with Crippen molar-refractivity contribution in [3.8, 4) is 11.5 Å². The summed E-state index contributed by atoms with van der Waals surface area (Å²) in [6.07, 6.45) is -4.72. The van der Waals surface area contributed by atoms with Gasteiger partial charge in [-0.15, -0.1) is 0 Å². The second-order valence-electron chi connectivity index (χ2n) is 11.2. The van der Waals surface area contributed by atoms with Crippen LogP contribution in [0.4, 0.5) is 24.5 Å². The van der Waals surface area contributed by atoms with Crippen molar-refractivity contribution in [1.29, 1.82) is 0 Å². The summed E-state index contributed by atoms with van der Waals surface area (Å²) in [4.78, 5) is 67.3. The van der Waals surface area contributed by atoms with Gasteiger partial charge >= 0.3 is 17.0 Å². The fourth-order valence-corrected chi connectivity index (χ4v) is 8.71. The van der Waals surface area contributed by atoms with E-state index in [2.05, 4.69) is 5.32 Å². The summed E-state index contributed by atoms with van der Waals surface area (Å²) >= 11 is 1.67. The Labute approximate surface area is 290 Å². The van der Waals surface area contributed by atoms with E-state index in [1.54, 1.807) is 13.8 Å². The number of fused-ring (bicyclic) bond motifs is 2. The van der Waals surface area contributed by atoms with E-state index in [4.69, 9.17) is 9.47 Å². The van der Waals surface area contributed by atoms with Gasteiger partial charge in [0.2, 0.25) is 17.7 Å². The van der Waals surface area contributed by atoms with E-state index in [9.17, 15) is 42.3 Å². The van der Waals surface area contributed by atoms with Crippen LogP contribution in [-0.4, -0.2) is 51.8 Å². The van der Waals surface area contributed by atoms with Crippen molar-refractivity contribution >= 4 is 58.2 Å². The number of rotatable bonds is 9. The Morgan fingerprint density at radius 2 is 1.70 bits per heavy atom. The Balaban J connectivity index is 1.38. The van der Waals surface area contributed by atoms with Crippen molar-refractivity contribution in [3.05, 3.63) is 98.0 Å². The molecule has 0 aliphatic carbocycles. The molecule has 3 unspecified atom stereocenters. The van der Waals surface area contributed by atoms with E-state index in [0.29, 0.717) is 16.1 Å². The zero-order chi connectivity index (χ0) is 35.9. The molecule has 4 aromatic rings. The van der Waals surface area contributed by atoms with Crippen LogP contribution < -0.4 is 19.8 Å². The number of thiazole rings is 1. The van der Waals surface area contributed by atoms with E-state index in [1.807, 2.05) is 0 Å². The second kappa shape index (κ2) is 13.7. The molecule has 16 heteroatoms. The van der Waals surface area contributed by atoms with Crippen LogP contribution in [0.25, 0.3) is 0 Å². The molecule has 3 heterocycles. The van der Waals surface area contributed by atoms with E-state index in [0.717, 1.165) is 46.2 Å². The van der Waals surface area contributed by atoms with Gasteiger partial charge in [0.25, 0.3) is 0 Å². The molecule has 0 spiro atoms. The smallest absolute Gasteiger partial charge is 0.416 e. The quantitative estimate of drug-likeness (QED) is 0.165. The van der Waals surface area contributed by atoms with Gasteiger partial charge in [-0.25, -0.2) is 9.69 Å². The number of hydrogen-bond acceptors (Lipinski definition) is 10. The van der Waals surface area contributed by atoms with E-state index < -0.39 is 63.9 Å². The van der Waals surface area contributed by atoms with Crippen LogP contribution in [0.3, 0.4) is 0 Å². The summed E-state index contributed by atoms with van der Waals surface area (Å²) in [7, 11) is 0. The van der Waals surface area contributed by atoms with Crippen molar-refractivity contribution < 1.29 is 46.9 Å². The first-order valence-corrected chi connectivity index (χ1v) is 17.0. The van der Waals surface area contributed by atoms with Crippen molar-refractivity contribution in [2.45, 2.75) is 42.8 Å². The molecular formula is C34H28F3N3O8S2. The van der Waals surface area contributed by atoms with Crippen LogP contribution in [0.1, 0.15) is 46.1 Å². The minimum Gasteiger partial charge on any atom is -0.504 e. The zero-order valence-electron chi connectivity index (χ0n) is 26.4. The average molecular weight is 728 g/mol. The number of aromatic nitrogens is 1. The van der Waals surface area contributed by atoms with Crippen LogP contribution in [0.2, 0.25) is 0 Å². The maximum absolute atomic E-state index is 14.1. The number of hydrogen-bond donors (Lipinski definition) is 2. The van der Waals surface area contributed by atoms with Gasteiger partial charge in [-0.2, -0.15) is 13.2 Å². The number of nitrogens with one attached hydrogen (secondary N) is 1. The third kappa shape index (κ3) is 6.47. The van der Waals surface area contributed by atoms with Gasteiger partial charge in [-0.1, -0.05) is 35.2 Å². The maximum atomic E-state index is 14.1. The number of phenolic OH excluding ortho intramolecular Hbond substituents is 1. The normalized spacial score (nSPS) is 18.4. The number of nitrogens with zero attached hydrogens (tertiary/aromatic N) is 2. The fraction of sp³-hybridized carbons (Fsp3) is 0.265. The molecule has 3 amide bonds. The fourth-order valence-electron chi connectivity index (χ4n) is 5.93. The van der Waals surface area contributed by atoms with Gasteiger partial charge in [-0.05, 0) is 74.0 Å². The summed E-state index contributed by atoms with van der Waals surface area (Å²) in [5, 5.41) is 12.1. The monoisotopic (exact) mass is 727 g/mol. The number of carbonyl (C=O) groups excluding carboxylic acids is 4. The number of halogens is 3. The van der Waals surface area contributed by atoms with Gasteiger partial charge in [-0.3, -0.25) is 23.7 Å². The summed E-state index contributed by atoms with van der Waals surface area (Å²) < 4.78 is 52.5. The summed E-state index contributed by atoms with van der Waals surface area (Å²) in [6, 6.07) is 14.2. The van der Waals surface area contributed by atoms with E-state index in [-0.39, 0.29) is 41.0 Å². The molecule has 1 saturated heterocycles. The predicted molar refractivity (Wildman–Crippen MR) is 178 cm³/mol. The third-order valence-corrected chi connectivity index (χ3v) is 10.7. The molecule has 11 nitrogen and oxygen atoms in total. The number of imide groups is 1. The first-order chi connectivity index (χ1) is 23.8. The average Bonchev–Trinajstić information content (AvgIpc) is 3.52. The number of thioether (sulfide) groups is 1. The first kappa shape index (κ1) is 34.8. The van der Waals surface area contributed by atoms with Gasteiger partial charge in [0.05, 0.1) is 41.0 Å². The van der Waals surface area contributed by atoms with Crippen LogP contribution in [0.15, 0.2) is 76.6 Å². The number of anilines is 2. The highest BCUT2D eigenvalue weighted by atomic mass is 32.2. The van der Waals surface area contributed by atoms with Crippen LogP contribution >= 0.6 is 23.1 Å². The number of carbonyl (C=O) groups is 4. The molecule has 2 N–H and O–H groups in total. The Bertz CT molecular complexity index is 2060. The van der Waals surface area contributed by atoms with Gasteiger partial charge < -0.3 is 19.9 Å². The molecule has 0 radical (unpaired) electrons. The molecule has 1 aromatic heterocycles. The van der Waals surface area contributed by atoms with Crippen molar-refractivity contribution in [1.82, 2.24) is 4.57 Å². The highest BCUT2D eigenvalue weighted by Crippen LogP contribution is 2.54. The van der Waals surface area contributed by atoms with Crippen LogP contribution in [-0.2, 0) is 31.8 Å². The lowest BCUT2D eigenvalue weighted by Crippen LogP contribution is -2.33. The zero-order valence-corrected chi connectivity index (χ0v) is 28.0. The summed E-state index contributed by atoms with van der Waals surface area (Å²) in [5.41, 5.74) is -0.259. The van der Waals surface area contributed by atoms with Gasteiger partial charge in [0.1, 0.15) is 11.8 Å². The molecule has 3 aromatic carbocycles. The van der Waals surface area contributed by atoms with Crippen molar-refractivity contribution in [2.24, 2.45) is 5.92 Å². The molecule has 0 saturated carbocycles. The lowest BCUT2D eigenvalue weighted by atomic mass is 9.83. The SMILES string of the molecule is CCOC(=O)c1ccc(NC(=O)Cn2c3c(sc2=O)C(c2ccc(O)c(OCC)c2)C2C(=O)N(c4cccc(C(F)(F)F)c4)C(=O)C2S3)cc1. The van der Waals surface area contributed by atoms with Gasteiger partial charge in [0, 0.05) is 16.5 Å². The molecule has 260 valence electrons. The lowest BCUT2D eigenvalue weighted by molar-refractivity contribution is -0.137. The number of benzene rings is 3. The molecular weight excluding hydrogens is 700 g/mol. The third-order valence-electron chi connectivity index (χ3n) is 8.11. The molecule has 6 rings (SSSR count). The van der Waals surface area contributed by atoms with Gasteiger partial charge in [0.15, 0.2) is 11.5 Å². The molecule has 2 aliphatic rings. The molecule has 3 atom stereocenters. The standard InChI is InChI=1S/C34H28F3N3O8S2/c1-3-47-23-14-18(10-13-22(23)41)25-26-27(30(44)40(29(26)43)21-7-5-6-19(15-21)34(35,36)37)49-31-28(25)50-33(46)39(31)16-24(42)38-20-11-8-17(9-12-20)32(45)48-4-2/h5-15,25-27,41H,3-4,16H2,1-2H3,(H,38,42). The van der Waals surface area contributed by atoms with Crippen LogP contribution in [0, 0.1) is 5.92 Å². The second-order valence-corrected chi connectivity index (χ2v) is 13.4. The Hall–Kier alpha value is -5.09. The molecule has 0 bridgehead atoms. The number of alkyl halides is 3. The number of ether oxygens (including phenoxy) is 2. The summed E-state index contributed by atoms with van der Waals surface area (Å²) in [5.74, 6) is -4.86.